The lowest BCUT2D eigenvalue weighted by atomic mass is 10.0. The second kappa shape index (κ2) is 11.7. The van der Waals surface area contributed by atoms with Gasteiger partial charge in [0.1, 0.15) is 11.9 Å². The van der Waals surface area contributed by atoms with E-state index in [1.807, 2.05) is 93.5 Å². The van der Waals surface area contributed by atoms with E-state index in [4.69, 9.17) is 4.74 Å². The zero-order chi connectivity index (χ0) is 27.4. The molecule has 3 aromatic carbocycles. The molecule has 2 N–H and O–H groups in total. The van der Waals surface area contributed by atoms with Crippen molar-refractivity contribution in [2.75, 3.05) is 51.1 Å². The van der Waals surface area contributed by atoms with Gasteiger partial charge in [-0.15, -0.1) is 0 Å². The van der Waals surface area contributed by atoms with Crippen LogP contribution in [0.4, 0.5) is 16.2 Å². The molecule has 3 amide bonds. The van der Waals surface area contributed by atoms with Crippen molar-refractivity contribution in [2.24, 2.45) is 5.92 Å². The summed E-state index contributed by atoms with van der Waals surface area (Å²) in [5, 5.41) is 14.9. The quantitative estimate of drug-likeness (QED) is 0.511. The first-order valence-electron chi connectivity index (χ1n) is 13.0. The Morgan fingerprint density at radius 2 is 1.87 bits per heavy atom. The van der Waals surface area contributed by atoms with Gasteiger partial charge in [-0.3, -0.25) is 4.79 Å². The second-order valence-electron chi connectivity index (χ2n) is 10.4. The van der Waals surface area contributed by atoms with Crippen LogP contribution in [-0.2, 0) is 11.2 Å². The minimum atomic E-state index is -0.374. The first-order valence-corrected chi connectivity index (χ1v) is 13.0. The van der Waals surface area contributed by atoms with Crippen LogP contribution in [-0.4, -0.2) is 79.8 Å². The number of benzene rings is 3. The molecule has 8 nitrogen and oxygen atoms in total. The molecule has 8 heteroatoms. The highest BCUT2D eigenvalue weighted by Gasteiger charge is 2.32. The smallest absolute Gasteiger partial charge is 0.321 e. The van der Waals surface area contributed by atoms with E-state index in [2.05, 4.69) is 5.32 Å². The number of fused-ring (bicyclic) bond motifs is 2. The van der Waals surface area contributed by atoms with Gasteiger partial charge in [-0.1, -0.05) is 43.3 Å². The van der Waals surface area contributed by atoms with Crippen molar-refractivity contribution >= 4 is 34.1 Å². The molecule has 1 aliphatic rings. The number of carbonyl (C=O) groups excluding carboxylic acids is 2. The van der Waals surface area contributed by atoms with Gasteiger partial charge < -0.3 is 29.9 Å². The van der Waals surface area contributed by atoms with Crippen molar-refractivity contribution in [1.29, 1.82) is 0 Å². The molecule has 202 valence electrons. The fourth-order valence-corrected chi connectivity index (χ4v) is 4.81. The van der Waals surface area contributed by atoms with Crippen LogP contribution in [0.3, 0.4) is 0 Å². The molecular weight excluding hydrogens is 480 g/mol. The van der Waals surface area contributed by atoms with Crippen LogP contribution in [0.15, 0.2) is 60.7 Å². The topological polar surface area (TPSA) is 85.3 Å². The number of rotatable bonds is 6. The van der Waals surface area contributed by atoms with Gasteiger partial charge in [-0.25, -0.2) is 4.79 Å². The molecule has 0 radical (unpaired) electrons. The van der Waals surface area contributed by atoms with E-state index in [0.717, 1.165) is 27.7 Å². The number of carbonyl (C=O) groups is 2. The summed E-state index contributed by atoms with van der Waals surface area (Å²) in [5.74, 6) is 0.490. The Balaban J connectivity index is 1.59. The number of nitrogens with one attached hydrogen (secondary N) is 1. The normalized spacial score (nSPS) is 18.5. The number of nitrogens with zero attached hydrogens (tertiary/aromatic N) is 3. The Bertz CT molecular complexity index is 1290. The number of hydrogen-bond donors (Lipinski definition) is 2. The lowest BCUT2D eigenvalue weighted by Crippen LogP contribution is -2.48. The molecule has 1 heterocycles. The maximum atomic E-state index is 13.3. The van der Waals surface area contributed by atoms with Crippen molar-refractivity contribution in [3.63, 3.8) is 0 Å². The van der Waals surface area contributed by atoms with Crippen LogP contribution >= 0.6 is 0 Å². The van der Waals surface area contributed by atoms with Crippen LogP contribution in [0.1, 0.15) is 19.4 Å². The van der Waals surface area contributed by atoms with Crippen molar-refractivity contribution in [1.82, 2.24) is 9.80 Å². The SMILES string of the molecule is C[C@H](CO)N1C[C@H](C)[C@H](CN(C)C(=O)Nc2cccc3ccccc23)Oc2ccc(N(C)C)cc2CC1=O. The van der Waals surface area contributed by atoms with Crippen LogP contribution in [0, 0.1) is 5.92 Å². The molecule has 0 aliphatic carbocycles. The predicted molar refractivity (Wildman–Crippen MR) is 152 cm³/mol. The van der Waals surface area contributed by atoms with Gasteiger partial charge in [-0.2, -0.15) is 0 Å². The number of ether oxygens (including phenoxy) is 1. The first-order chi connectivity index (χ1) is 18.2. The highest BCUT2D eigenvalue weighted by atomic mass is 16.5. The van der Waals surface area contributed by atoms with Crippen molar-refractivity contribution in [2.45, 2.75) is 32.4 Å². The van der Waals surface area contributed by atoms with Gasteiger partial charge in [0.05, 0.1) is 31.3 Å². The fraction of sp³-hybridized carbons (Fsp3) is 0.400. The minimum Gasteiger partial charge on any atom is -0.488 e. The number of urea groups is 1. The molecule has 0 aromatic heterocycles. The molecule has 4 rings (SSSR count). The Morgan fingerprint density at radius 1 is 1.13 bits per heavy atom. The average molecular weight is 519 g/mol. The minimum absolute atomic E-state index is 0.0538. The summed E-state index contributed by atoms with van der Waals surface area (Å²) in [5.41, 5.74) is 2.51. The van der Waals surface area contributed by atoms with Crippen LogP contribution < -0.4 is 15.0 Å². The predicted octanol–water partition coefficient (Wildman–Crippen LogP) is 4.22. The Labute approximate surface area is 224 Å². The van der Waals surface area contributed by atoms with E-state index in [1.54, 1.807) is 16.8 Å². The van der Waals surface area contributed by atoms with Gasteiger partial charge in [0.2, 0.25) is 5.91 Å². The van der Waals surface area contributed by atoms with Crippen LogP contribution in [0.2, 0.25) is 0 Å². The van der Waals surface area contributed by atoms with Gasteiger partial charge >= 0.3 is 6.03 Å². The zero-order valence-corrected chi connectivity index (χ0v) is 22.8. The molecular formula is C30H38N4O4. The van der Waals surface area contributed by atoms with E-state index < -0.39 is 0 Å². The molecule has 0 spiro atoms. The van der Waals surface area contributed by atoms with E-state index in [-0.39, 0.29) is 43.0 Å². The van der Waals surface area contributed by atoms with Crippen molar-refractivity contribution < 1.29 is 19.4 Å². The zero-order valence-electron chi connectivity index (χ0n) is 22.8. The largest absolute Gasteiger partial charge is 0.488 e. The van der Waals surface area contributed by atoms with E-state index in [1.165, 1.54) is 0 Å². The van der Waals surface area contributed by atoms with Crippen LogP contribution in [0.25, 0.3) is 10.8 Å². The standard InChI is InChI=1S/C30H38N4O4/c1-20-17-34(21(2)19-35)29(36)16-23-15-24(32(3)4)13-14-27(23)38-28(20)18-33(5)30(37)31-26-12-8-10-22-9-6-7-11-25(22)26/h6-15,20-21,28,35H,16-19H2,1-5H3,(H,31,37)/t20-,21+,28-/m0/s1. The summed E-state index contributed by atoms with van der Waals surface area (Å²) < 4.78 is 6.53. The average Bonchev–Trinajstić information content (AvgIpc) is 2.95. The van der Waals surface area contributed by atoms with Crippen LogP contribution in [0.5, 0.6) is 5.75 Å². The molecule has 38 heavy (non-hydrogen) atoms. The summed E-state index contributed by atoms with van der Waals surface area (Å²) in [6.07, 6.45) is -0.195. The van der Waals surface area contributed by atoms with E-state index in [0.29, 0.717) is 18.8 Å². The Hall–Kier alpha value is -3.78. The molecule has 1 aliphatic heterocycles. The van der Waals surface area contributed by atoms with Gasteiger partial charge in [0, 0.05) is 50.2 Å². The molecule has 0 unspecified atom stereocenters. The van der Waals surface area contributed by atoms with Gasteiger partial charge in [0.15, 0.2) is 0 Å². The molecule has 0 bridgehead atoms. The molecule has 0 fully saturated rings. The third kappa shape index (κ3) is 6.02. The van der Waals surface area contributed by atoms with E-state index in [9.17, 15) is 14.7 Å². The summed E-state index contributed by atoms with van der Waals surface area (Å²) in [6.45, 7) is 4.48. The second-order valence-corrected chi connectivity index (χ2v) is 10.4. The third-order valence-electron chi connectivity index (χ3n) is 7.25. The lowest BCUT2D eigenvalue weighted by molar-refractivity contribution is -0.134. The van der Waals surface area contributed by atoms with Crippen molar-refractivity contribution in [3.05, 3.63) is 66.2 Å². The Kier molecular flexibility index (Phi) is 8.42. The first kappa shape index (κ1) is 27.3. The van der Waals surface area contributed by atoms with Gasteiger partial charge in [-0.05, 0) is 36.6 Å². The number of hydrogen-bond acceptors (Lipinski definition) is 5. The number of aliphatic hydroxyl groups is 1. The molecule has 0 saturated heterocycles. The fourth-order valence-electron chi connectivity index (χ4n) is 4.81. The maximum Gasteiger partial charge on any atom is 0.321 e. The van der Waals surface area contributed by atoms with Gasteiger partial charge in [0.25, 0.3) is 0 Å². The number of likely N-dealkylation sites (N-methyl/N-ethyl adjacent to an activating group) is 1. The third-order valence-corrected chi connectivity index (χ3v) is 7.25. The van der Waals surface area contributed by atoms with Crippen molar-refractivity contribution in [3.8, 4) is 5.75 Å². The molecule has 3 aromatic rings. The summed E-state index contributed by atoms with van der Waals surface area (Å²) >= 11 is 0. The summed E-state index contributed by atoms with van der Waals surface area (Å²) in [4.78, 5) is 31.9. The monoisotopic (exact) mass is 518 g/mol. The highest BCUT2D eigenvalue weighted by molar-refractivity contribution is 6.01. The number of amides is 3. The highest BCUT2D eigenvalue weighted by Crippen LogP contribution is 2.30. The lowest BCUT2D eigenvalue weighted by Gasteiger charge is -2.34. The molecule has 3 atom stereocenters. The van der Waals surface area contributed by atoms with E-state index >= 15 is 0 Å². The Morgan fingerprint density at radius 3 is 2.61 bits per heavy atom. The number of anilines is 2. The number of aliphatic hydroxyl groups excluding tert-OH is 1. The summed E-state index contributed by atoms with van der Waals surface area (Å²) in [7, 11) is 5.65. The molecule has 0 saturated carbocycles. The summed E-state index contributed by atoms with van der Waals surface area (Å²) in [6, 6.07) is 19.0. The maximum absolute atomic E-state index is 13.3.